The molecule has 1 fully saturated rings. The Morgan fingerprint density at radius 3 is 2.87 bits per heavy atom. The minimum atomic E-state index is -0.0431. The van der Waals surface area contributed by atoms with Crippen LogP contribution in [0.1, 0.15) is 32.3 Å². The van der Waals surface area contributed by atoms with E-state index in [2.05, 4.69) is 26.6 Å². The van der Waals surface area contributed by atoms with Gasteiger partial charge in [0.25, 0.3) is 0 Å². The van der Waals surface area contributed by atoms with Crippen molar-refractivity contribution in [3.63, 3.8) is 0 Å². The van der Waals surface area contributed by atoms with Crippen LogP contribution in [0.3, 0.4) is 0 Å². The number of amides is 1. The van der Waals surface area contributed by atoms with E-state index in [1.165, 1.54) is 10.1 Å². The minimum Gasteiger partial charge on any atom is -0.490 e. The number of hydrogen-bond acceptors (Lipinski definition) is 6. The van der Waals surface area contributed by atoms with Gasteiger partial charge in [-0.2, -0.15) is 0 Å². The quantitative estimate of drug-likeness (QED) is 0.555. The molecule has 1 aromatic carbocycles. The van der Waals surface area contributed by atoms with Crippen LogP contribution in [0.5, 0.6) is 11.5 Å². The Hall–Kier alpha value is -2.80. The average molecular weight is 440 g/mol. The number of benzene rings is 1. The summed E-state index contributed by atoms with van der Waals surface area (Å²) in [5.74, 6) is 2.49. The molecule has 4 rings (SSSR count). The molecule has 1 N–H and O–H groups in total. The van der Waals surface area contributed by atoms with Crippen molar-refractivity contribution in [1.82, 2.24) is 10.3 Å². The predicted octanol–water partition coefficient (Wildman–Crippen LogP) is 4.63. The summed E-state index contributed by atoms with van der Waals surface area (Å²) in [6, 6.07) is 10.00. The number of hydrogen-bond donors (Lipinski definition) is 1. The van der Waals surface area contributed by atoms with E-state index in [9.17, 15) is 4.79 Å². The van der Waals surface area contributed by atoms with Crippen molar-refractivity contribution in [3.05, 3.63) is 47.5 Å². The van der Waals surface area contributed by atoms with Gasteiger partial charge in [0.15, 0.2) is 11.5 Å². The number of thiophene rings is 1. The van der Waals surface area contributed by atoms with Gasteiger partial charge in [-0.1, -0.05) is 6.07 Å². The van der Waals surface area contributed by atoms with Crippen molar-refractivity contribution in [1.29, 1.82) is 0 Å². The van der Waals surface area contributed by atoms with Gasteiger partial charge in [-0.25, -0.2) is 4.98 Å². The maximum absolute atomic E-state index is 12.9. The van der Waals surface area contributed by atoms with Crippen LogP contribution in [0, 0.1) is 5.92 Å². The number of carbonyl (C=O) groups excluding carboxylic acids is 1. The van der Waals surface area contributed by atoms with E-state index in [4.69, 9.17) is 9.47 Å². The summed E-state index contributed by atoms with van der Waals surface area (Å²) in [6.07, 6.45) is 3.74. The molecule has 1 amide bonds. The predicted molar refractivity (Wildman–Crippen MR) is 125 cm³/mol. The highest BCUT2D eigenvalue weighted by Gasteiger charge is 2.27. The first-order valence-electron chi connectivity index (χ1n) is 10.9. The molecule has 1 aliphatic heterocycles. The third kappa shape index (κ3) is 4.93. The van der Waals surface area contributed by atoms with Crippen LogP contribution in [0.4, 0.5) is 5.82 Å². The third-order valence-electron chi connectivity index (χ3n) is 5.53. The molecular weight excluding hydrogens is 410 g/mol. The lowest BCUT2D eigenvalue weighted by Gasteiger charge is -2.33. The number of piperidine rings is 1. The van der Waals surface area contributed by atoms with Gasteiger partial charge in [0.1, 0.15) is 5.82 Å². The van der Waals surface area contributed by atoms with E-state index >= 15 is 0 Å². The van der Waals surface area contributed by atoms with E-state index in [-0.39, 0.29) is 11.8 Å². The fraction of sp³-hybridized carbons (Fsp3) is 0.417. The second kappa shape index (κ2) is 10.0. The molecule has 3 aromatic rings. The highest BCUT2D eigenvalue weighted by molar-refractivity contribution is 7.17. The molecule has 1 aliphatic rings. The molecule has 0 saturated carbocycles. The first kappa shape index (κ1) is 21.4. The fourth-order valence-electron chi connectivity index (χ4n) is 4.05. The monoisotopic (exact) mass is 439 g/mol. The molecule has 0 aliphatic carbocycles. The molecule has 1 saturated heterocycles. The van der Waals surface area contributed by atoms with Gasteiger partial charge < -0.3 is 19.7 Å². The second-order valence-corrected chi connectivity index (χ2v) is 8.56. The standard InChI is InChI=1S/C24H29N3O3S/c1-3-29-20-8-7-17(14-21(20)30-4-2)15-26-24(28)18-6-5-12-27(16-18)23-19-10-13-31-22(19)9-11-25-23/h7-11,13-14,18H,3-6,12,15-16H2,1-2H3,(H,26,28)/t18-/m1/s1. The Kier molecular flexibility index (Phi) is 6.92. The normalized spacial score (nSPS) is 16.3. The molecule has 0 unspecified atom stereocenters. The van der Waals surface area contributed by atoms with Gasteiger partial charge in [0.2, 0.25) is 5.91 Å². The van der Waals surface area contributed by atoms with Crippen LogP contribution in [-0.4, -0.2) is 37.2 Å². The van der Waals surface area contributed by atoms with E-state index in [0.29, 0.717) is 26.3 Å². The second-order valence-electron chi connectivity index (χ2n) is 7.62. The average Bonchev–Trinajstić information content (AvgIpc) is 3.28. The van der Waals surface area contributed by atoms with Gasteiger partial charge in [-0.3, -0.25) is 4.79 Å². The number of anilines is 1. The number of carbonyl (C=O) groups is 1. The molecule has 0 bridgehead atoms. The van der Waals surface area contributed by atoms with Crippen LogP contribution >= 0.6 is 11.3 Å². The zero-order chi connectivity index (χ0) is 21.6. The summed E-state index contributed by atoms with van der Waals surface area (Å²) in [7, 11) is 0. The van der Waals surface area contributed by atoms with Crippen molar-refractivity contribution < 1.29 is 14.3 Å². The van der Waals surface area contributed by atoms with E-state index < -0.39 is 0 Å². The number of fused-ring (bicyclic) bond motifs is 1. The van der Waals surface area contributed by atoms with E-state index in [1.807, 2.05) is 44.3 Å². The Morgan fingerprint density at radius 1 is 1.19 bits per heavy atom. The van der Waals surface area contributed by atoms with Crippen LogP contribution < -0.4 is 19.7 Å². The highest BCUT2D eigenvalue weighted by atomic mass is 32.1. The van der Waals surface area contributed by atoms with E-state index in [0.717, 1.165) is 42.3 Å². The fourth-order valence-corrected chi connectivity index (χ4v) is 4.83. The minimum absolute atomic E-state index is 0.0431. The lowest BCUT2D eigenvalue weighted by atomic mass is 9.96. The third-order valence-corrected chi connectivity index (χ3v) is 6.41. The SMILES string of the molecule is CCOc1ccc(CNC(=O)[C@@H]2CCCN(c3nccc4sccc34)C2)cc1OCC. The topological polar surface area (TPSA) is 63.7 Å². The van der Waals surface area contributed by atoms with Gasteiger partial charge in [-0.05, 0) is 61.9 Å². The number of pyridine rings is 1. The van der Waals surface area contributed by atoms with Crippen molar-refractivity contribution in [2.75, 3.05) is 31.2 Å². The molecule has 6 nitrogen and oxygen atoms in total. The van der Waals surface area contributed by atoms with E-state index in [1.54, 1.807) is 11.3 Å². The van der Waals surface area contributed by atoms with Crippen LogP contribution in [0.2, 0.25) is 0 Å². The van der Waals surface area contributed by atoms with Crippen LogP contribution in [0.15, 0.2) is 41.9 Å². The summed E-state index contributed by atoms with van der Waals surface area (Å²) >= 11 is 1.72. The molecule has 3 heterocycles. The molecule has 0 radical (unpaired) electrons. The molecule has 0 spiro atoms. The van der Waals surface area contributed by atoms with Gasteiger partial charge >= 0.3 is 0 Å². The van der Waals surface area contributed by atoms with Crippen LogP contribution in [-0.2, 0) is 11.3 Å². The van der Waals surface area contributed by atoms with Crippen molar-refractivity contribution in [3.8, 4) is 11.5 Å². The Morgan fingerprint density at radius 2 is 2.03 bits per heavy atom. The highest BCUT2D eigenvalue weighted by Crippen LogP contribution is 2.31. The molecular formula is C24H29N3O3S. The Labute approximate surface area is 187 Å². The first-order chi connectivity index (χ1) is 15.2. The summed E-state index contributed by atoms with van der Waals surface area (Å²) in [6.45, 7) is 7.15. The van der Waals surface area contributed by atoms with Crippen LogP contribution in [0.25, 0.3) is 10.1 Å². The smallest absolute Gasteiger partial charge is 0.225 e. The van der Waals surface area contributed by atoms with Gasteiger partial charge in [-0.15, -0.1) is 11.3 Å². The summed E-state index contributed by atoms with van der Waals surface area (Å²) in [5.41, 5.74) is 0.998. The number of rotatable bonds is 8. The van der Waals surface area contributed by atoms with Crippen molar-refractivity contribution in [2.24, 2.45) is 5.92 Å². The maximum Gasteiger partial charge on any atom is 0.225 e. The zero-order valence-electron chi connectivity index (χ0n) is 18.1. The number of aromatic nitrogens is 1. The molecule has 164 valence electrons. The van der Waals surface area contributed by atoms with Gasteiger partial charge in [0, 0.05) is 35.9 Å². The van der Waals surface area contributed by atoms with Crippen molar-refractivity contribution >= 4 is 33.1 Å². The Balaban J connectivity index is 1.40. The number of nitrogens with zero attached hydrogens (tertiary/aromatic N) is 2. The van der Waals surface area contributed by atoms with Gasteiger partial charge in [0.05, 0.1) is 19.1 Å². The summed E-state index contributed by atoms with van der Waals surface area (Å²) in [4.78, 5) is 19.8. The van der Waals surface area contributed by atoms with Crippen molar-refractivity contribution in [2.45, 2.75) is 33.2 Å². The molecule has 1 atom stereocenters. The first-order valence-corrected chi connectivity index (χ1v) is 11.8. The molecule has 31 heavy (non-hydrogen) atoms. The number of ether oxygens (including phenoxy) is 2. The summed E-state index contributed by atoms with van der Waals surface area (Å²) in [5, 5.41) is 6.38. The lowest BCUT2D eigenvalue weighted by Crippen LogP contribution is -2.43. The summed E-state index contributed by atoms with van der Waals surface area (Å²) < 4.78 is 12.5. The molecule has 7 heteroatoms. The maximum atomic E-state index is 12.9. The molecule has 2 aromatic heterocycles. The number of nitrogens with one attached hydrogen (secondary N) is 1. The Bertz CT molecular complexity index is 1040. The lowest BCUT2D eigenvalue weighted by molar-refractivity contribution is -0.125. The largest absolute Gasteiger partial charge is 0.490 e. The zero-order valence-corrected chi connectivity index (χ0v) is 18.9.